The summed E-state index contributed by atoms with van der Waals surface area (Å²) in [5, 5.41) is 0. The first-order chi connectivity index (χ1) is 9.04. The van der Waals surface area contributed by atoms with Crippen molar-refractivity contribution in [3.05, 3.63) is 83.4 Å². The molecule has 0 saturated heterocycles. The van der Waals surface area contributed by atoms with Gasteiger partial charge < -0.3 is 5.73 Å². The first-order valence-corrected chi connectivity index (χ1v) is 6.60. The van der Waals surface area contributed by atoms with Crippen molar-refractivity contribution in [3.8, 4) is 0 Å². The largest absolute Gasteiger partial charge is 0.318 e. The van der Waals surface area contributed by atoms with Gasteiger partial charge in [0.2, 0.25) is 0 Å². The fraction of sp³-hybridized carbons (Fsp3) is 0.222. The molecule has 0 fully saturated rings. The molecular formula is C18H21N. The van der Waals surface area contributed by atoms with Gasteiger partial charge in [0.05, 0.1) is 5.54 Å². The molecule has 0 aliphatic heterocycles. The quantitative estimate of drug-likeness (QED) is 0.818. The molecule has 0 aliphatic rings. The molecule has 0 saturated carbocycles. The van der Waals surface area contributed by atoms with E-state index in [1.54, 1.807) is 0 Å². The van der Waals surface area contributed by atoms with Crippen LogP contribution in [0.1, 0.15) is 29.2 Å². The average Bonchev–Trinajstić information content (AvgIpc) is 2.42. The number of rotatable bonds is 4. The Hall–Kier alpha value is -1.86. The van der Waals surface area contributed by atoms with Crippen LogP contribution >= 0.6 is 0 Å². The Morgan fingerprint density at radius 2 is 1.79 bits per heavy atom. The fourth-order valence-electron chi connectivity index (χ4n) is 2.38. The maximum absolute atomic E-state index is 6.28. The maximum Gasteiger partial charge on any atom is 0.0566 e. The third kappa shape index (κ3) is 2.94. The van der Waals surface area contributed by atoms with Crippen molar-refractivity contribution >= 4 is 0 Å². The number of benzene rings is 2. The van der Waals surface area contributed by atoms with Crippen LogP contribution < -0.4 is 5.73 Å². The summed E-state index contributed by atoms with van der Waals surface area (Å²) in [5.74, 6) is 0. The van der Waals surface area contributed by atoms with Crippen LogP contribution in [-0.2, 0) is 12.0 Å². The lowest BCUT2D eigenvalue weighted by Gasteiger charge is -2.24. The Morgan fingerprint density at radius 3 is 2.42 bits per heavy atom. The minimum atomic E-state index is -0.475. The Bertz CT molecular complexity index is 567. The van der Waals surface area contributed by atoms with Gasteiger partial charge in [-0.05, 0) is 42.5 Å². The monoisotopic (exact) mass is 251 g/mol. The molecule has 0 amide bonds. The number of nitrogens with two attached hydrogens (primary N) is 1. The van der Waals surface area contributed by atoms with Crippen LogP contribution in [0, 0.1) is 6.92 Å². The van der Waals surface area contributed by atoms with Gasteiger partial charge in [0.1, 0.15) is 0 Å². The second kappa shape index (κ2) is 5.41. The number of hydrogen-bond acceptors (Lipinski definition) is 1. The highest BCUT2D eigenvalue weighted by Crippen LogP contribution is 2.26. The van der Waals surface area contributed by atoms with Gasteiger partial charge in [-0.15, -0.1) is 6.58 Å². The molecule has 1 atom stereocenters. The minimum absolute atomic E-state index is 0.475. The van der Waals surface area contributed by atoms with Gasteiger partial charge in [-0.3, -0.25) is 0 Å². The van der Waals surface area contributed by atoms with Gasteiger partial charge in [-0.1, -0.05) is 54.6 Å². The Labute approximate surface area is 115 Å². The highest BCUT2D eigenvalue weighted by Gasteiger charge is 2.19. The lowest BCUT2D eigenvalue weighted by Crippen LogP contribution is -2.31. The lowest BCUT2D eigenvalue weighted by atomic mass is 9.86. The van der Waals surface area contributed by atoms with Gasteiger partial charge in [-0.25, -0.2) is 0 Å². The zero-order valence-corrected chi connectivity index (χ0v) is 11.7. The molecule has 1 nitrogen and oxygen atoms in total. The Kier molecular flexibility index (Phi) is 3.87. The van der Waals surface area contributed by atoms with Crippen molar-refractivity contribution in [2.24, 2.45) is 5.73 Å². The minimum Gasteiger partial charge on any atom is -0.318 e. The molecule has 1 heteroatoms. The molecule has 0 aromatic heterocycles. The highest BCUT2D eigenvalue weighted by atomic mass is 14.7. The molecule has 2 aromatic carbocycles. The second-order valence-corrected chi connectivity index (χ2v) is 5.24. The van der Waals surface area contributed by atoms with Gasteiger partial charge in [0.15, 0.2) is 0 Å². The SMILES string of the molecule is C=CC(C)(N)c1cccc(Cc2ccccc2)c1C. The fourth-order valence-corrected chi connectivity index (χ4v) is 2.38. The molecule has 2 N–H and O–H groups in total. The van der Waals surface area contributed by atoms with E-state index < -0.39 is 5.54 Å². The van der Waals surface area contributed by atoms with Gasteiger partial charge in [0, 0.05) is 0 Å². The molecule has 0 heterocycles. The van der Waals surface area contributed by atoms with Crippen molar-refractivity contribution in [1.82, 2.24) is 0 Å². The zero-order valence-electron chi connectivity index (χ0n) is 11.7. The molecule has 0 spiro atoms. The molecule has 0 aliphatic carbocycles. The summed E-state index contributed by atoms with van der Waals surface area (Å²) in [7, 11) is 0. The van der Waals surface area contributed by atoms with Crippen LogP contribution in [0.2, 0.25) is 0 Å². The van der Waals surface area contributed by atoms with E-state index in [2.05, 4.69) is 56.0 Å². The van der Waals surface area contributed by atoms with E-state index in [0.29, 0.717) is 0 Å². The highest BCUT2D eigenvalue weighted by molar-refractivity contribution is 5.42. The van der Waals surface area contributed by atoms with Gasteiger partial charge in [0.25, 0.3) is 0 Å². The van der Waals surface area contributed by atoms with Crippen LogP contribution in [0.25, 0.3) is 0 Å². The normalized spacial score (nSPS) is 13.8. The third-order valence-corrected chi connectivity index (χ3v) is 3.69. The van der Waals surface area contributed by atoms with Crippen LogP contribution in [0.4, 0.5) is 0 Å². The molecule has 0 bridgehead atoms. The third-order valence-electron chi connectivity index (χ3n) is 3.69. The van der Waals surface area contributed by atoms with Crippen molar-refractivity contribution < 1.29 is 0 Å². The first kappa shape index (κ1) is 13.6. The van der Waals surface area contributed by atoms with Crippen LogP contribution in [-0.4, -0.2) is 0 Å². The van der Waals surface area contributed by atoms with E-state index in [-0.39, 0.29) is 0 Å². The molecule has 2 aromatic rings. The smallest absolute Gasteiger partial charge is 0.0566 e. The predicted molar refractivity (Wildman–Crippen MR) is 82.2 cm³/mol. The number of hydrogen-bond donors (Lipinski definition) is 1. The summed E-state index contributed by atoms with van der Waals surface area (Å²) in [6, 6.07) is 16.8. The summed E-state index contributed by atoms with van der Waals surface area (Å²) in [4.78, 5) is 0. The standard InChI is InChI=1S/C18H21N/c1-4-18(3,19)17-12-8-11-16(14(17)2)13-15-9-6-5-7-10-15/h4-12H,1,13,19H2,2-3H3. The van der Waals surface area contributed by atoms with Crippen LogP contribution in [0.15, 0.2) is 61.2 Å². The van der Waals surface area contributed by atoms with E-state index in [1.807, 2.05) is 19.1 Å². The first-order valence-electron chi connectivity index (χ1n) is 6.60. The van der Waals surface area contributed by atoms with Crippen molar-refractivity contribution in [2.75, 3.05) is 0 Å². The van der Waals surface area contributed by atoms with Crippen LogP contribution in [0.5, 0.6) is 0 Å². The molecular weight excluding hydrogens is 230 g/mol. The van der Waals surface area contributed by atoms with Crippen LogP contribution in [0.3, 0.4) is 0 Å². The van der Waals surface area contributed by atoms with Gasteiger partial charge in [-0.2, -0.15) is 0 Å². The molecule has 0 radical (unpaired) electrons. The van der Waals surface area contributed by atoms with E-state index >= 15 is 0 Å². The molecule has 19 heavy (non-hydrogen) atoms. The van der Waals surface area contributed by atoms with Crippen molar-refractivity contribution in [2.45, 2.75) is 25.8 Å². The van der Waals surface area contributed by atoms with E-state index in [0.717, 1.165) is 12.0 Å². The Morgan fingerprint density at radius 1 is 1.11 bits per heavy atom. The summed E-state index contributed by atoms with van der Waals surface area (Å²) in [5.41, 5.74) is 10.9. The lowest BCUT2D eigenvalue weighted by molar-refractivity contribution is 0.626. The van der Waals surface area contributed by atoms with E-state index in [1.165, 1.54) is 16.7 Å². The maximum atomic E-state index is 6.28. The summed E-state index contributed by atoms with van der Waals surface area (Å²) in [6.07, 6.45) is 2.75. The topological polar surface area (TPSA) is 26.0 Å². The Balaban J connectivity index is 2.38. The summed E-state index contributed by atoms with van der Waals surface area (Å²) in [6.45, 7) is 7.97. The molecule has 2 rings (SSSR count). The summed E-state index contributed by atoms with van der Waals surface area (Å²) < 4.78 is 0. The molecule has 1 unspecified atom stereocenters. The average molecular weight is 251 g/mol. The summed E-state index contributed by atoms with van der Waals surface area (Å²) >= 11 is 0. The predicted octanol–water partition coefficient (Wildman–Crippen LogP) is 3.95. The van der Waals surface area contributed by atoms with Crippen molar-refractivity contribution in [3.63, 3.8) is 0 Å². The van der Waals surface area contributed by atoms with Crippen molar-refractivity contribution in [1.29, 1.82) is 0 Å². The zero-order chi connectivity index (χ0) is 13.9. The van der Waals surface area contributed by atoms with E-state index in [4.69, 9.17) is 5.73 Å². The molecule has 98 valence electrons. The van der Waals surface area contributed by atoms with E-state index in [9.17, 15) is 0 Å². The second-order valence-electron chi connectivity index (χ2n) is 5.24. The van der Waals surface area contributed by atoms with Gasteiger partial charge >= 0.3 is 0 Å².